The maximum Gasteiger partial charge on any atom is 0.184 e. The summed E-state index contributed by atoms with van der Waals surface area (Å²) >= 11 is 5.71. The zero-order valence-electron chi connectivity index (χ0n) is 11.4. The fourth-order valence-corrected chi connectivity index (χ4v) is 2.08. The van der Waals surface area contributed by atoms with Crippen molar-refractivity contribution in [1.29, 1.82) is 0 Å². The van der Waals surface area contributed by atoms with E-state index in [4.69, 9.17) is 16.3 Å². The molecule has 1 aromatic heterocycles. The van der Waals surface area contributed by atoms with E-state index in [1.54, 1.807) is 18.3 Å². The van der Waals surface area contributed by atoms with Crippen molar-refractivity contribution in [3.05, 3.63) is 53.1 Å². The molecule has 3 nitrogen and oxygen atoms in total. The lowest BCUT2D eigenvalue weighted by Crippen LogP contribution is -2.16. The average Bonchev–Trinajstić information content (AvgIpc) is 2.47. The maximum atomic E-state index is 13.7. The molecule has 1 N–H and O–H groups in total. The minimum atomic E-state index is -0.570. The van der Waals surface area contributed by atoms with Crippen LogP contribution >= 0.6 is 11.6 Å². The van der Waals surface area contributed by atoms with E-state index >= 15 is 0 Å². The second-order valence-electron chi connectivity index (χ2n) is 4.32. The van der Waals surface area contributed by atoms with Crippen LogP contribution in [0.3, 0.4) is 0 Å². The van der Waals surface area contributed by atoms with E-state index < -0.39 is 5.82 Å². The van der Waals surface area contributed by atoms with Crippen LogP contribution in [-0.4, -0.2) is 12.0 Å². The van der Waals surface area contributed by atoms with Crippen molar-refractivity contribution in [2.75, 3.05) is 7.05 Å². The molecule has 1 atom stereocenters. The molecule has 1 aromatic carbocycles. The lowest BCUT2D eigenvalue weighted by atomic mass is 10.1. The van der Waals surface area contributed by atoms with E-state index in [1.165, 1.54) is 12.1 Å². The molecule has 1 unspecified atom stereocenters. The fourth-order valence-electron chi connectivity index (χ4n) is 1.91. The van der Waals surface area contributed by atoms with Crippen LogP contribution in [-0.2, 0) is 0 Å². The monoisotopic (exact) mass is 294 g/mol. The molecule has 0 amide bonds. The van der Waals surface area contributed by atoms with Crippen LogP contribution in [0, 0.1) is 5.82 Å². The molecule has 0 saturated heterocycles. The van der Waals surface area contributed by atoms with Gasteiger partial charge in [0.2, 0.25) is 0 Å². The molecule has 0 radical (unpaired) electrons. The number of ether oxygens (including phenoxy) is 1. The van der Waals surface area contributed by atoms with Crippen LogP contribution in [0.25, 0.3) is 0 Å². The van der Waals surface area contributed by atoms with Gasteiger partial charge in [-0.2, -0.15) is 0 Å². The van der Waals surface area contributed by atoms with Gasteiger partial charge in [-0.1, -0.05) is 24.6 Å². The number of hydrogen-bond donors (Lipinski definition) is 1. The largest absolute Gasteiger partial charge is 0.453 e. The van der Waals surface area contributed by atoms with Gasteiger partial charge in [0, 0.05) is 6.04 Å². The Hall–Kier alpha value is -1.65. The summed E-state index contributed by atoms with van der Waals surface area (Å²) < 4.78 is 19.2. The van der Waals surface area contributed by atoms with Crippen molar-refractivity contribution < 1.29 is 9.13 Å². The van der Waals surface area contributed by atoms with E-state index in [2.05, 4.69) is 17.2 Å². The van der Waals surface area contributed by atoms with Crippen molar-refractivity contribution in [3.63, 3.8) is 0 Å². The van der Waals surface area contributed by atoms with E-state index in [-0.39, 0.29) is 16.8 Å². The van der Waals surface area contributed by atoms with E-state index in [1.807, 2.05) is 13.1 Å². The van der Waals surface area contributed by atoms with Crippen LogP contribution < -0.4 is 10.1 Å². The van der Waals surface area contributed by atoms with Gasteiger partial charge in [0.05, 0.1) is 16.9 Å². The Morgan fingerprint density at radius 3 is 2.75 bits per heavy atom. The van der Waals surface area contributed by atoms with Crippen molar-refractivity contribution in [2.45, 2.75) is 19.4 Å². The number of nitrogens with one attached hydrogen (secondary N) is 1. The number of rotatable bonds is 5. The van der Waals surface area contributed by atoms with Crippen LogP contribution in [0.2, 0.25) is 5.02 Å². The highest BCUT2D eigenvalue weighted by Crippen LogP contribution is 2.28. The number of nitrogens with zero attached hydrogens (tertiary/aromatic N) is 1. The van der Waals surface area contributed by atoms with E-state index in [0.717, 1.165) is 12.1 Å². The summed E-state index contributed by atoms with van der Waals surface area (Å²) in [6.07, 6.45) is 2.52. The van der Waals surface area contributed by atoms with Gasteiger partial charge >= 0.3 is 0 Å². The SMILES string of the molecule is CCC(NC)c1ccc(Oc2cccc(Cl)c2F)cn1. The molecule has 0 fully saturated rings. The predicted molar refractivity (Wildman–Crippen MR) is 77.8 cm³/mol. The van der Waals surface area contributed by atoms with Crippen molar-refractivity contribution in [2.24, 2.45) is 0 Å². The standard InChI is InChI=1S/C15H16ClFN2O/c1-3-12(18-2)13-8-7-10(9-19-13)20-14-6-4-5-11(16)15(14)17/h4-9,12,18H,3H2,1-2H3. The van der Waals surface area contributed by atoms with Crippen molar-refractivity contribution in [3.8, 4) is 11.5 Å². The quantitative estimate of drug-likeness (QED) is 0.891. The number of aromatic nitrogens is 1. The Kier molecular flexibility index (Phi) is 4.93. The Bertz CT molecular complexity index is 571. The Balaban J connectivity index is 2.17. The minimum absolute atomic E-state index is 0.0355. The summed E-state index contributed by atoms with van der Waals surface area (Å²) in [6, 6.07) is 8.47. The number of benzene rings is 1. The third-order valence-electron chi connectivity index (χ3n) is 3.02. The lowest BCUT2D eigenvalue weighted by Gasteiger charge is -2.13. The zero-order valence-corrected chi connectivity index (χ0v) is 12.1. The molecular weight excluding hydrogens is 279 g/mol. The molecular formula is C15H16ClFN2O. The second-order valence-corrected chi connectivity index (χ2v) is 4.73. The highest BCUT2D eigenvalue weighted by atomic mass is 35.5. The van der Waals surface area contributed by atoms with Crippen LogP contribution in [0.4, 0.5) is 4.39 Å². The molecule has 20 heavy (non-hydrogen) atoms. The van der Waals surface area contributed by atoms with Gasteiger partial charge in [0.1, 0.15) is 5.75 Å². The van der Waals surface area contributed by atoms with Crippen molar-refractivity contribution >= 4 is 11.6 Å². The molecule has 1 heterocycles. The van der Waals surface area contributed by atoms with E-state index in [0.29, 0.717) is 5.75 Å². The highest BCUT2D eigenvalue weighted by Gasteiger charge is 2.10. The summed E-state index contributed by atoms with van der Waals surface area (Å²) in [7, 11) is 1.89. The van der Waals surface area contributed by atoms with Gasteiger partial charge < -0.3 is 10.1 Å². The van der Waals surface area contributed by atoms with Gasteiger partial charge in [0.25, 0.3) is 0 Å². The topological polar surface area (TPSA) is 34.1 Å². The van der Waals surface area contributed by atoms with Crippen LogP contribution in [0.5, 0.6) is 11.5 Å². The average molecular weight is 295 g/mol. The number of pyridine rings is 1. The molecule has 0 saturated carbocycles. The van der Waals surface area contributed by atoms with Gasteiger partial charge in [0.15, 0.2) is 11.6 Å². The fraction of sp³-hybridized carbons (Fsp3) is 0.267. The van der Waals surface area contributed by atoms with Gasteiger partial charge in [-0.15, -0.1) is 0 Å². The minimum Gasteiger partial charge on any atom is -0.453 e. The molecule has 0 aliphatic carbocycles. The van der Waals surface area contributed by atoms with Gasteiger partial charge in [-0.3, -0.25) is 4.98 Å². The molecule has 0 aliphatic rings. The summed E-state index contributed by atoms with van der Waals surface area (Å²) in [4.78, 5) is 4.33. The van der Waals surface area contributed by atoms with Crippen LogP contribution in [0.1, 0.15) is 25.1 Å². The molecule has 0 bridgehead atoms. The number of hydrogen-bond acceptors (Lipinski definition) is 3. The molecule has 106 valence electrons. The smallest absolute Gasteiger partial charge is 0.184 e. The first-order valence-electron chi connectivity index (χ1n) is 6.40. The normalized spacial score (nSPS) is 12.2. The lowest BCUT2D eigenvalue weighted by molar-refractivity contribution is 0.439. The summed E-state index contributed by atoms with van der Waals surface area (Å²) in [5.74, 6) is -0.00603. The molecule has 2 rings (SSSR count). The predicted octanol–water partition coefficient (Wildman–Crippen LogP) is 4.34. The van der Waals surface area contributed by atoms with E-state index in [9.17, 15) is 4.39 Å². The molecule has 0 spiro atoms. The summed E-state index contributed by atoms with van der Waals surface area (Å²) in [5.41, 5.74) is 0.925. The summed E-state index contributed by atoms with van der Waals surface area (Å²) in [6.45, 7) is 2.08. The molecule has 5 heteroatoms. The Labute approximate surface area is 122 Å². The molecule has 0 aliphatic heterocycles. The third kappa shape index (κ3) is 3.26. The van der Waals surface area contributed by atoms with Gasteiger partial charge in [-0.25, -0.2) is 4.39 Å². The first-order valence-corrected chi connectivity index (χ1v) is 6.78. The zero-order chi connectivity index (χ0) is 14.5. The first kappa shape index (κ1) is 14.8. The number of halogens is 2. The Morgan fingerprint density at radius 2 is 2.15 bits per heavy atom. The van der Waals surface area contributed by atoms with Crippen LogP contribution in [0.15, 0.2) is 36.5 Å². The van der Waals surface area contributed by atoms with Crippen molar-refractivity contribution in [1.82, 2.24) is 10.3 Å². The van der Waals surface area contributed by atoms with Gasteiger partial charge in [-0.05, 0) is 37.7 Å². The maximum absolute atomic E-state index is 13.7. The third-order valence-corrected chi connectivity index (χ3v) is 3.31. The first-order chi connectivity index (χ1) is 9.65. The second kappa shape index (κ2) is 6.68. The Morgan fingerprint density at radius 1 is 1.35 bits per heavy atom. The molecule has 2 aromatic rings. The highest BCUT2D eigenvalue weighted by molar-refractivity contribution is 6.30. The summed E-state index contributed by atoms with van der Waals surface area (Å²) in [5, 5.41) is 3.21.